The van der Waals surface area contributed by atoms with E-state index in [2.05, 4.69) is 29.1 Å². The van der Waals surface area contributed by atoms with E-state index in [9.17, 15) is 39.9 Å². The third-order valence-electron chi connectivity index (χ3n) is 12.9. The van der Waals surface area contributed by atoms with Crippen molar-refractivity contribution in [2.45, 2.75) is 111 Å². The van der Waals surface area contributed by atoms with Crippen LogP contribution in [0.3, 0.4) is 0 Å². The lowest BCUT2D eigenvalue weighted by Crippen LogP contribution is -2.48. The number of nitrogens with zero attached hydrogens (tertiary/aromatic N) is 3. The average Bonchev–Trinajstić information content (AvgIpc) is 3.72. The minimum absolute atomic E-state index is 0.0347. The summed E-state index contributed by atoms with van der Waals surface area (Å²) in [5.41, 5.74) is -0.230. The molecule has 1 saturated heterocycles. The molecule has 4 bridgehead atoms. The number of nitrogens with one attached hydrogen (secondary N) is 1. The van der Waals surface area contributed by atoms with E-state index in [1.54, 1.807) is 39.8 Å². The summed E-state index contributed by atoms with van der Waals surface area (Å²) < 4.78 is 23.9. The minimum Gasteiger partial charge on any atom is -0.507 e. The van der Waals surface area contributed by atoms with Crippen LogP contribution in [0.15, 0.2) is 46.1 Å². The molecule has 1 fully saturated rings. The Morgan fingerprint density at radius 1 is 1.02 bits per heavy atom. The second kappa shape index (κ2) is 18.1. The van der Waals surface area contributed by atoms with Crippen molar-refractivity contribution in [3.05, 3.63) is 58.0 Å². The molecule has 4 aliphatic rings. The molecule has 2 aromatic rings. The number of anilines is 1. The fraction of sp³-hybridized carbons (Fsp3) is 0.587. The number of hydrogen-bond acceptors (Lipinski definition) is 15. The van der Waals surface area contributed by atoms with E-state index < -0.39 is 89.6 Å². The van der Waals surface area contributed by atoms with Crippen molar-refractivity contribution in [1.82, 2.24) is 4.90 Å². The van der Waals surface area contributed by atoms with Crippen LogP contribution in [0.25, 0.3) is 10.8 Å². The van der Waals surface area contributed by atoms with Crippen LogP contribution in [0.2, 0.25) is 0 Å². The van der Waals surface area contributed by atoms with Gasteiger partial charge in [-0.25, -0.2) is 4.99 Å². The maximum Gasteiger partial charge on any atom is 0.312 e. The Bertz CT molecular complexity index is 2320. The lowest BCUT2D eigenvalue weighted by Gasteiger charge is -2.38. The first kappa shape index (κ1) is 46.6. The van der Waals surface area contributed by atoms with Crippen LogP contribution in [0.5, 0.6) is 17.2 Å². The zero-order valence-electron chi connectivity index (χ0n) is 37.3. The monoisotopic (exact) mass is 862 g/mol. The van der Waals surface area contributed by atoms with Crippen LogP contribution in [-0.4, -0.2) is 117 Å². The second-order valence-corrected chi connectivity index (χ2v) is 18.0. The van der Waals surface area contributed by atoms with Crippen molar-refractivity contribution in [2.24, 2.45) is 39.6 Å². The zero-order chi connectivity index (χ0) is 45.6. The number of likely N-dealkylation sites (tertiary alicyclic amines) is 1. The topological polar surface area (TPSA) is 229 Å². The second-order valence-electron chi connectivity index (χ2n) is 18.0. The normalized spacial score (nSPS) is 32.3. The Balaban J connectivity index is 1.56. The van der Waals surface area contributed by atoms with Gasteiger partial charge >= 0.3 is 11.8 Å². The number of amides is 1. The molecule has 0 unspecified atom stereocenters. The van der Waals surface area contributed by atoms with E-state index >= 15 is 0 Å². The number of carbonyl (C=O) groups excluding carboxylic acids is 3. The highest BCUT2D eigenvalue weighted by Crippen LogP contribution is 2.51. The van der Waals surface area contributed by atoms with E-state index in [4.69, 9.17) is 23.9 Å². The molecule has 0 aliphatic carbocycles. The van der Waals surface area contributed by atoms with Gasteiger partial charge in [0.2, 0.25) is 0 Å². The van der Waals surface area contributed by atoms with Crippen molar-refractivity contribution < 1.29 is 58.9 Å². The number of ether oxygens (including phenoxy) is 4. The van der Waals surface area contributed by atoms with Gasteiger partial charge in [-0.1, -0.05) is 52.8 Å². The van der Waals surface area contributed by atoms with Gasteiger partial charge in [0.15, 0.2) is 5.75 Å². The number of rotatable bonds is 5. The number of aliphatic hydroxyl groups excluding tert-OH is 3. The number of esters is 1. The minimum atomic E-state index is -1.98. The van der Waals surface area contributed by atoms with Gasteiger partial charge in [-0.05, 0) is 25.8 Å². The summed E-state index contributed by atoms with van der Waals surface area (Å²) in [7, 11) is 1.43. The number of hydrogen-bond donors (Lipinski definition) is 6. The van der Waals surface area contributed by atoms with Gasteiger partial charge in [-0.3, -0.25) is 19.4 Å². The molecule has 338 valence electrons. The van der Waals surface area contributed by atoms with Crippen LogP contribution >= 0.6 is 0 Å². The lowest BCUT2D eigenvalue weighted by molar-refractivity contribution is -0.161. The SMILES string of the molecule is CO[C@H]1/C=C/O[C@@]2(C)Oc3c(C)c(O)c4c(O)c(c5c(c4c3C2=O)NC2(CCN(CC(C)C)CC2)N=5)=NC(=O)/C(C)=C\C=C\[C@H](C)[C@H](O)[C@@H](CO)[C@@H](O)[C@@H](C)[C@H](OC(C)=O)[C@@H]1C. The molecule has 62 heavy (non-hydrogen) atoms. The number of allylic oxidation sites excluding steroid dienone is 2. The Morgan fingerprint density at radius 3 is 2.31 bits per heavy atom. The number of aromatic hydroxyl groups is 2. The van der Waals surface area contributed by atoms with Crippen LogP contribution in [0.4, 0.5) is 5.69 Å². The first-order valence-electron chi connectivity index (χ1n) is 21.4. The van der Waals surface area contributed by atoms with Crippen molar-refractivity contribution in [3.63, 3.8) is 0 Å². The molecule has 4 heterocycles. The molecule has 16 nitrogen and oxygen atoms in total. The largest absolute Gasteiger partial charge is 0.507 e. The van der Waals surface area contributed by atoms with Crippen LogP contribution < -0.4 is 20.8 Å². The molecular weight excluding hydrogens is 801 g/mol. The smallest absolute Gasteiger partial charge is 0.312 e. The van der Waals surface area contributed by atoms with Gasteiger partial charge in [-0.2, -0.15) is 0 Å². The fourth-order valence-electron chi connectivity index (χ4n) is 9.28. The third-order valence-corrected chi connectivity index (χ3v) is 12.9. The molecule has 1 spiro atoms. The molecule has 9 atom stereocenters. The van der Waals surface area contributed by atoms with E-state index in [0.717, 1.165) is 6.54 Å². The number of carbonyl (C=O) groups is 3. The molecule has 0 aromatic heterocycles. The fourth-order valence-corrected chi connectivity index (χ4v) is 9.28. The Morgan fingerprint density at radius 2 is 1.69 bits per heavy atom. The number of ketones is 1. The maximum atomic E-state index is 14.7. The maximum absolute atomic E-state index is 14.7. The van der Waals surface area contributed by atoms with Crippen LogP contribution in [-0.2, 0) is 23.8 Å². The molecule has 6 rings (SSSR count). The van der Waals surface area contributed by atoms with Crippen molar-refractivity contribution >= 4 is 34.1 Å². The summed E-state index contributed by atoms with van der Waals surface area (Å²) in [5.74, 6) is -7.57. The average molecular weight is 863 g/mol. The van der Waals surface area contributed by atoms with Crippen LogP contribution in [0.1, 0.15) is 84.2 Å². The summed E-state index contributed by atoms with van der Waals surface area (Å²) in [6.07, 6.45) is 4.11. The van der Waals surface area contributed by atoms with Gasteiger partial charge in [-0.15, -0.1) is 0 Å². The number of phenolic OH excluding ortho intramolecular Hbond substituents is 2. The predicted molar refractivity (Wildman–Crippen MR) is 229 cm³/mol. The number of phenols is 2. The highest BCUT2D eigenvalue weighted by Gasteiger charge is 2.51. The zero-order valence-corrected chi connectivity index (χ0v) is 37.3. The highest BCUT2D eigenvalue weighted by molar-refractivity contribution is 6.21. The van der Waals surface area contributed by atoms with E-state index in [0.29, 0.717) is 37.5 Å². The van der Waals surface area contributed by atoms with Gasteiger partial charge in [0.05, 0.1) is 47.8 Å². The van der Waals surface area contributed by atoms with E-state index in [1.165, 1.54) is 46.3 Å². The Hall–Kier alpha value is -4.87. The molecule has 4 aliphatic heterocycles. The molecule has 2 aromatic carbocycles. The molecule has 1 amide bonds. The molecule has 0 radical (unpaired) electrons. The molecule has 16 heteroatoms. The predicted octanol–water partition coefficient (Wildman–Crippen LogP) is 3.72. The third kappa shape index (κ3) is 8.59. The van der Waals surface area contributed by atoms with Crippen LogP contribution in [0, 0.1) is 36.5 Å². The highest BCUT2D eigenvalue weighted by atomic mass is 16.7. The Labute approximate surface area is 361 Å². The number of fused-ring (bicyclic) bond motifs is 1. The van der Waals surface area contributed by atoms with E-state index in [1.807, 2.05) is 0 Å². The van der Waals surface area contributed by atoms with E-state index in [-0.39, 0.29) is 49.7 Å². The van der Waals surface area contributed by atoms with Crippen molar-refractivity contribution in [2.75, 3.05) is 38.7 Å². The Kier molecular flexibility index (Phi) is 13.6. The number of Topliss-reactive ketones (excluding diaryl/α,β-unsaturated/α-hetero) is 1. The summed E-state index contributed by atoms with van der Waals surface area (Å²) in [6.45, 7) is 16.8. The summed E-state index contributed by atoms with van der Waals surface area (Å²) >= 11 is 0. The van der Waals surface area contributed by atoms with Crippen molar-refractivity contribution in [3.8, 4) is 17.2 Å². The summed E-state index contributed by atoms with van der Waals surface area (Å²) in [4.78, 5) is 52.9. The number of piperidine rings is 1. The van der Waals surface area contributed by atoms with Gasteiger partial charge in [0, 0.05) is 93.6 Å². The lowest BCUT2D eigenvalue weighted by atomic mass is 9.78. The molecular formula is C46H62N4O12. The van der Waals surface area contributed by atoms with Gasteiger partial charge < -0.3 is 54.7 Å². The number of aliphatic hydroxyl groups is 3. The number of methoxy groups -OCH3 is 1. The molecule has 0 saturated carbocycles. The van der Waals surface area contributed by atoms with Crippen molar-refractivity contribution in [1.29, 1.82) is 0 Å². The summed E-state index contributed by atoms with van der Waals surface area (Å²) in [5, 5.41) is 60.9. The van der Waals surface area contributed by atoms with Gasteiger partial charge in [0.1, 0.15) is 34.0 Å². The standard InChI is InChI=1S/C46H62N4O12/c1-22(2)20-50-17-15-46(16-18-50)48-34-31-32-39(55)27(7)42-33(31)43(57)45(9,62-42)60-19-14-30(59-10)25(5)41(61-28(8)52)26(6)38(54)29(21-51)37(53)23(3)12-11-13-24(4)44(58)47-36(40(32)56)35(34)49-46/h11-14,19,22-23,25-26,29-30,37-38,41,48,51,53-56H,15-18,20-21H2,1-10H3/b12-11+,19-14+,24-13-,47-36?/t23-,25+,26+,29+,30-,37-,38-,41+,45-/m0/s1. The molecule has 6 N–H and O–H groups in total. The summed E-state index contributed by atoms with van der Waals surface area (Å²) in [6, 6.07) is 0. The first-order chi connectivity index (χ1) is 29.2. The number of benzene rings is 2. The first-order valence-corrected chi connectivity index (χ1v) is 21.4. The van der Waals surface area contributed by atoms with Gasteiger partial charge in [0.25, 0.3) is 11.7 Å². The quantitative estimate of drug-likeness (QED) is 0.186.